The Hall–Kier alpha value is -1.03. The maximum Gasteiger partial charge on any atom is 0.221 e. The molecule has 1 rings (SSSR count). The van der Waals surface area contributed by atoms with Crippen LogP contribution >= 0.6 is 15.9 Å². The molecule has 0 radical (unpaired) electrons. The molecule has 0 bridgehead atoms. The highest BCUT2D eigenvalue weighted by molar-refractivity contribution is 9.10. The fourth-order valence-corrected chi connectivity index (χ4v) is 1.37. The van der Waals surface area contributed by atoms with Gasteiger partial charge in [0, 0.05) is 11.4 Å². The minimum absolute atomic E-state index is 0.0918. The number of carbonyl (C=O) groups is 1. The largest absolute Gasteiger partial charge is 0.497 e. The second kappa shape index (κ2) is 4.28. The zero-order valence-electron chi connectivity index (χ0n) is 7.43. The van der Waals surface area contributed by atoms with Crippen molar-refractivity contribution in [1.29, 1.82) is 0 Å². The predicted molar refractivity (Wildman–Crippen MR) is 55.0 cm³/mol. The van der Waals surface area contributed by atoms with E-state index >= 15 is 0 Å². The lowest BCUT2D eigenvalue weighted by atomic mass is 10.3. The standard InChI is InChI=1S/C9H10BrNO2/c1-6(12)11-9-4-3-7(13-2)5-8(9)10/h3-5H,1-2H3,(H,11,12). The van der Waals surface area contributed by atoms with E-state index in [0.717, 1.165) is 15.9 Å². The molecule has 3 nitrogen and oxygen atoms in total. The third-order valence-electron chi connectivity index (χ3n) is 1.49. The lowest BCUT2D eigenvalue weighted by Crippen LogP contribution is -2.06. The Morgan fingerprint density at radius 1 is 1.54 bits per heavy atom. The first-order chi connectivity index (χ1) is 6.13. The number of ether oxygens (including phenoxy) is 1. The summed E-state index contributed by atoms with van der Waals surface area (Å²) in [6.07, 6.45) is 0. The van der Waals surface area contributed by atoms with Crippen LogP contribution in [0.25, 0.3) is 0 Å². The molecule has 0 atom stereocenters. The van der Waals surface area contributed by atoms with Gasteiger partial charge in [-0.2, -0.15) is 0 Å². The van der Waals surface area contributed by atoms with Gasteiger partial charge in [0.15, 0.2) is 0 Å². The summed E-state index contributed by atoms with van der Waals surface area (Å²) >= 11 is 3.32. The van der Waals surface area contributed by atoms with Crippen LogP contribution in [0.15, 0.2) is 22.7 Å². The van der Waals surface area contributed by atoms with Crippen LogP contribution in [-0.4, -0.2) is 13.0 Å². The summed E-state index contributed by atoms with van der Waals surface area (Å²) in [6, 6.07) is 5.37. The van der Waals surface area contributed by atoms with Gasteiger partial charge in [-0.25, -0.2) is 0 Å². The summed E-state index contributed by atoms with van der Waals surface area (Å²) in [5.74, 6) is 0.659. The average molecular weight is 244 g/mol. The van der Waals surface area contributed by atoms with E-state index in [-0.39, 0.29) is 5.91 Å². The SMILES string of the molecule is COc1ccc(NC(C)=O)c(Br)c1. The van der Waals surface area contributed by atoms with Crippen molar-refractivity contribution in [2.45, 2.75) is 6.92 Å². The van der Waals surface area contributed by atoms with E-state index in [2.05, 4.69) is 21.2 Å². The third-order valence-corrected chi connectivity index (χ3v) is 2.14. The van der Waals surface area contributed by atoms with Crippen LogP contribution in [0.5, 0.6) is 5.75 Å². The Morgan fingerprint density at radius 3 is 2.69 bits per heavy atom. The minimum Gasteiger partial charge on any atom is -0.497 e. The molecule has 1 amide bonds. The first-order valence-corrected chi connectivity index (χ1v) is 4.54. The molecule has 0 spiro atoms. The average Bonchev–Trinajstić information content (AvgIpc) is 2.08. The van der Waals surface area contributed by atoms with E-state index in [1.807, 2.05) is 0 Å². The molecule has 1 aromatic carbocycles. The molecule has 0 saturated carbocycles. The Labute approximate surface area is 85.2 Å². The van der Waals surface area contributed by atoms with Crippen LogP contribution in [-0.2, 0) is 4.79 Å². The van der Waals surface area contributed by atoms with Crippen molar-refractivity contribution in [2.75, 3.05) is 12.4 Å². The van der Waals surface area contributed by atoms with Crippen LogP contribution in [0.2, 0.25) is 0 Å². The van der Waals surface area contributed by atoms with E-state index in [0.29, 0.717) is 0 Å². The van der Waals surface area contributed by atoms with E-state index < -0.39 is 0 Å². The number of benzene rings is 1. The third kappa shape index (κ3) is 2.73. The second-order valence-electron chi connectivity index (χ2n) is 2.53. The van der Waals surface area contributed by atoms with E-state index in [4.69, 9.17) is 4.74 Å². The van der Waals surface area contributed by atoms with Gasteiger partial charge in [0.2, 0.25) is 5.91 Å². The summed E-state index contributed by atoms with van der Waals surface area (Å²) in [4.78, 5) is 10.8. The van der Waals surface area contributed by atoms with Gasteiger partial charge in [0.1, 0.15) is 5.75 Å². The van der Waals surface area contributed by atoms with Crippen molar-refractivity contribution >= 4 is 27.5 Å². The molecular weight excluding hydrogens is 234 g/mol. The summed E-state index contributed by atoms with van der Waals surface area (Å²) < 4.78 is 5.82. The number of amides is 1. The van der Waals surface area contributed by atoms with Gasteiger partial charge in [-0.3, -0.25) is 4.79 Å². The van der Waals surface area contributed by atoms with Gasteiger partial charge in [0.25, 0.3) is 0 Å². The molecule has 1 aromatic rings. The van der Waals surface area contributed by atoms with Crippen LogP contribution in [0.1, 0.15) is 6.92 Å². The normalized spacial score (nSPS) is 9.46. The maximum atomic E-state index is 10.8. The number of methoxy groups -OCH3 is 1. The first-order valence-electron chi connectivity index (χ1n) is 3.74. The van der Waals surface area contributed by atoms with Crippen molar-refractivity contribution in [1.82, 2.24) is 0 Å². The molecule has 0 unspecified atom stereocenters. The quantitative estimate of drug-likeness (QED) is 0.867. The van der Waals surface area contributed by atoms with Gasteiger partial charge >= 0.3 is 0 Å². The number of hydrogen-bond acceptors (Lipinski definition) is 2. The van der Waals surface area contributed by atoms with E-state index in [1.54, 1.807) is 25.3 Å². The van der Waals surface area contributed by atoms with Crippen molar-refractivity contribution < 1.29 is 9.53 Å². The molecule has 13 heavy (non-hydrogen) atoms. The second-order valence-corrected chi connectivity index (χ2v) is 3.38. The Morgan fingerprint density at radius 2 is 2.23 bits per heavy atom. The summed E-state index contributed by atoms with van der Waals surface area (Å²) in [5.41, 5.74) is 0.744. The minimum atomic E-state index is -0.0918. The molecule has 0 fully saturated rings. The summed E-state index contributed by atoms with van der Waals surface area (Å²) in [5, 5.41) is 2.68. The highest BCUT2D eigenvalue weighted by Crippen LogP contribution is 2.26. The Kier molecular flexibility index (Phi) is 3.31. The van der Waals surface area contributed by atoms with Crippen molar-refractivity contribution in [3.05, 3.63) is 22.7 Å². The van der Waals surface area contributed by atoms with Gasteiger partial charge in [-0.1, -0.05) is 0 Å². The molecule has 0 aliphatic rings. The zero-order valence-corrected chi connectivity index (χ0v) is 9.01. The Balaban J connectivity index is 2.91. The van der Waals surface area contributed by atoms with Gasteiger partial charge in [-0.15, -0.1) is 0 Å². The molecular formula is C9H10BrNO2. The highest BCUT2D eigenvalue weighted by Gasteiger charge is 2.02. The predicted octanol–water partition coefficient (Wildman–Crippen LogP) is 2.42. The number of nitrogens with one attached hydrogen (secondary N) is 1. The van der Waals surface area contributed by atoms with Gasteiger partial charge < -0.3 is 10.1 Å². The van der Waals surface area contributed by atoms with Crippen LogP contribution in [0.3, 0.4) is 0 Å². The van der Waals surface area contributed by atoms with E-state index in [9.17, 15) is 4.79 Å². The first kappa shape index (κ1) is 10.1. The van der Waals surface area contributed by atoms with E-state index in [1.165, 1.54) is 6.92 Å². The number of halogens is 1. The topological polar surface area (TPSA) is 38.3 Å². The number of rotatable bonds is 2. The van der Waals surface area contributed by atoms with Crippen LogP contribution in [0.4, 0.5) is 5.69 Å². The number of hydrogen-bond donors (Lipinski definition) is 1. The monoisotopic (exact) mass is 243 g/mol. The molecule has 0 saturated heterocycles. The molecule has 70 valence electrons. The summed E-state index contributed by atoms with van der Waals surface area (Å²) in [7, 11) is 1.60. The smallest absolute Gasteiger partial charge is 0.221 e. The molecule has 4 heteroatoms. The molecule has 0 aliphatic heterocycles. The molecule has 1 N–H and O–H groups in total. The van der Waals surface area contributed by atoms with Crippen LogP contribution in [0, 0.1) is 0 Å². The highest BCUT2D eigenvalue weighted by atomic mass is 79.9. The lowest BCUT2D eigenvalue weighted by Gasteiger charge is -2.06. The number of carbonyl (C=O) groups excluding carboxylic acids is 1. The van der Waals surface area contributed by atoms with Crippen molar-refractivity contribution in [3.63, 3.8) is 0 Å². The molecule has 0 heterocycles. The van der Waals surface area contributed by atoms with Gasteiger partial charge in [0.05, 0.1) is 12.8 Å². The van der Waals surface area contributed by atoms with Gasteiger partial charge in [-0.05, 0) is 34.1 Å². The fraction of sp³-hybridized carbons (Fsp3) is 0.222. The number of anilines is 1. The van der Waals surface area contributed by atoms with Crippen LogP contribution < -0.4 is 10.1 Å². The lowest BCUT2D eigenvalue weighted by molar-refractivity contribution is -0.114. The van der Waals surface area contributed by atoms with Crippen molar-refractivity contribution in [3.8, 4) is 5.75 Å². The molecule has 0 aromatic heterocycles. The summed E-state index contributed by atoms with van der Waals surface area (Å²) in [6.45, 7) is 1.47. The molecule has 0 aliphatic carbocycles. The Bertz CT molecular complexity index is 325. The fourth-order valence-electron chi connectivity index (χ4n) is 0.914. The zero-order chi connectivity index (χ0) is 9.84. The van der Waals surface area contributed by atoms with Crippen molar-refractivity contribution in [2.24, 2.45) is 0 Å². The maximum absolute atomic E-state index is 10.8.